The van der Waals surface area contributed by atoms with Crippen LogP contribution in [0.4, 0.5) is 28.7 Å². The van der Waals surface area contributed by atoms with E-state index < -0.39 is 0 Å². The average Bonchev–Trinajstić information content (AvgIpc) is 3.59. The fraction of sp³-hybridized carbons (Fsp3) is 0.346. The number of carbonyl (C=O) groups is 1. The van der Waals surface area contributed by atoms with E-state index in [1.807, 2.05) is 50.5 Å². The number of hydroxylamine groups is 1. The highest BCUT2D eigenvalue weighted by molar-refractivity contribution is 7.10. The van der Waals surface area contributed by atoms with Crippen LogP contribution in [-0.2, 0) is 9.63 Å². The van der Waals surface area contributed by atoms with Crippen LogP contribution in [0, 0.1) is 0 Å². The minimum atomic E-state index is -0.298. The lowest BCUT2D eigenvalue weighted by Crippen LogP contribution is -2.29. The first-order valence-corrected chi connectivity index (χ1v) is 12.8. The Morgan fingerprint density at radius 1 is 1.27 bits per heavy atom. The van der Waals surface area contributed by atoms with E-state index in [2.05, 4.69) is 48.4 Å². The second-order valence-corrected chi connectivity index (χ2v) is 9.83. The summed E-state index contributed by atoms with van der Waals surface area (Å²) in [7, 11) is 7.63. The molecule has 11 heteroatoms. The summed E-state index contributed by atoms with van der Waals surface area (Å²) in [5.41, 5.74) is 2.10. The summed E-state index contributed by atoms with van der Waals surface area (Å²) in [4.78, 5) is 32.4. The van der Waals surface area contributed by atoms with Crippen LogP contribution in [-0.4, -0.2) is 68.7 Å². The topological polar surface area (TPSA) is 95.1 Å². The Kier molecular flexibility index (Phi) is 8.59. The number of likely N-dealkylation sites (N-methyl/N-ethyl adjacent to an activating group) is 2. The molecule has 1 aliphatic rings. The molecule has 196 valence electrons. The molecule has 4 rings (SSSR count). The molecule has 3 aromatic rings. The number of rotatable bonds is 11. The molecule has 2 aromatic heterocycles. The molecule has 3 heterocycles. The second kappa shape index (κ2) is 12.0. The van der Waals surface area contributed by atoms with Crippen LogP contribution in [0.3, 0.4) is 0 Å². The summed E-state index contributed by atoms with van der Waals surface area (Å²) in [5.74, 6) is 1.54. The van der Waals surface area contributed by atoms with Crippen LogP contribution in [0.15, 0.2) is 54.7 Å². The molecule has 1 amide bonds. The predicted molar refractivity (Wildman–Crippen MR) is 149 cm³/mol. The Morgan fingerprint density at radius 3 is 2.81 bits per heavy atom. The Morgan fingerprint density at radius 2 is 2.11 bits per heavy atom. The number of amides is 1. The highest BCUT2D eigenvalue weighted by Crippen LogP contribution is 2.39. The van der Waals surface area contributed by atoms with Crippen LogP contribution >= 0.6 is 11.3 Å². The van der Waals surface area contributed by atoms with Gasteiger partial charge in [-0.25, -0.2) is 15.0 Å². The van der Waals surface area contributed by atoms with Gasteiger partial charge in [0.05, 0.1) is 36.8 Å². The van der Waals surface area contributed by atoms with Crippen molar-refractivity contribution in [2.45, 2.75) is 12.5 Å². The van der Waals surface area contributed by atoms with Crippen molar-refractivity contribution in [2.24, 2.45) is 0 Å². The van der Waals surface area contributed by atoms with Gasteiger partial charge in [-0.1, -0.05) is 12.6 Å². The van der Waals surface area contributed by atoms with Gasteiger partial charge in [-0.05, 0) is 37.7 Å². The Balaban J connectivity index is 1.63. The highest BCUT2D eigenvalue weighted by atomic mass is 32.1. The lowest BCUT2D eigenvalue weighted by Gasteiger charge is -2.26. The first-order valence-electron chi connectivity index (χ1n) is 12.0. The van der Waals surface area contributed by atoms with Gasteiger partial charge in [0, 0.05) is 43.6 Å². The number of aromatic nitrogens is 2. The minimum Gasteiger partial charge on any atom is -0.494 e. The number of nitrogens with one attached hydrogen (secondary N) is 2. The first kappa shape index (κ1) is 26.4. The number of ether oxygens (including phenoxy) is 1. The van der Waals surface area contributed by atoms with Crippen molar-refractivity contribution < 1.29 is 14.4 Å². The third kappa shape index (κ3) is 6.37. The highest BCUT2D eigenvalue weighted by Gasteiger charge is 2.30. The van der Waals surface area contributed by atoms with E-state index in [0.29, 0.717) is 35.4 Å². The number of anilines is 5. The van der Waals surface area contributed by atoms with Gasteiger partial charge in [-0.2, -0.15) is 0 Å². The summed E-state index contributed by atoms with van der Waals surface area (Å²) in [5, 5.41) is 10.1. The van der Waals surface area contributed by atoms with Gasteiger partial charge in [-0.15, -0.1) is 11.3 Å². The quantitative estimate of drug-likeness (QED) is 0.357. The van der Waals surface area contributed by atoms with Crippen LogP contribution in [0.2, 0.25) is 0 Å². The van der Waals surface area contributed by atoms with Crippen molar-refractivity contribution in [1.82, 2.24) is 14.9 Å². The molecule has 10 nitrogen and oxygen atoms in total. The van der Waals surface area contributed by atoms with Gasteiger partial charge in [0.2, 0.25) is 5.91 Å². The molecule has 2 N–H and O–H groups in total. The van der Waals surface area contributed by atoms with Gasteiger partial charge in [0.25, 0.3) is 0 Å². The van der Waals surface area contributed by atoms with Crippen molar-refractivity contribution >= 4 is 45.9 Å². The molecule has 1 fully saturated rings. The number of thiophene rings is 1. The zero-order valence-corrected chi connectivity index (χ0v) is 22.4. The average molecular weight is 524 g/mol. The second-order valence-electron chi connectivity index (χ2n) is 8.85. The van der Waals surface area contributed by atoms with Crippen LogP contribution in [0.5, 0.6) is 5.75 Å². The Labute approximate surface area is 221 Å². The van der Waals surface area contributed by atoms with E-state index in [1.54, 1.807) is 18.4 Å². The molecule has 1 atom stereocenters. The lowest BCUT2D eigenvalue weighted by atomic mass is 10.2. The van der Waals surface area contributed by atoms with Crippen molar-refractivity contribution in [2.75, 3.05) is 68.5 Å². The lowest BCUT2D eigenvalue weighted by molar-refractivity contribution is -0.111. The van der Waals surface area contributed by atoms with Crippen molar-refractivity contribution in [1.29, 1.82) is 0 Å². The number of nitrogens with zero attached hydrogens (tertiary/aromatic N) is 5. The van der Waals surface area contributed by atoms with E-state index in [0.717, 1.165) is 25.2 Å². The molecule has 0 unspecified atom stereocenters. The molecular formula is C26H33N7O3S. The van der Waals surface area contributed by atoms with Crippen molar-refractivity contribution in [3.8, 4) is 5.75 Å². The summed E-state index contributed by atoms with van der Waals surface area (Å²) in [6, 6.07) is 9.83. The predicted octanol–water partition coefficient (Wildman–Crippen LogP) is 4.30. The maximum atomic E-state index is 12.2. The molecule has 0 saturated carbocycles. The maximum absolute atomic E-state index is 12.2. The molecule has 0 aliphatic carbocycles. The van der Waals surface area contributed by atoms with Crippen molar-refractivity contribution in [3.05, 3.63) is 59.6 Å². The summed E-state index contributed by atoms with van der Waals surface area (Å²) in [6.07, 6.45) is 3.63. The summed E-state index contributed by atoms with van der Waals surface area (Å²) < 4.78 is 5.71. The number of benzene rings is 1. The molecule has 37 heavy (non-hydrogen) atoms. The van der Waals surface area contributed by atoms with Gasteiger partial charge < -0.3 is 25.2 Å². The van der Waals surface area contributed by atoms with Crippen LogP contribution < -0.4 is 25.3 Å². The Bertz CT molecular complexity index is 1220. The summed E-state index contributed by atoms with van der Waals surface area (Å²) >= 11 is 1.70. The third-order valence-corrected chi connectivity index (χ3v) is 6.95. The summed E-state index contributed by atoms with van der Waals surface area (Å²) in [6.45, 7) is 5.81. The third-order valence-electron chi connectivity index (χ3n) is 5.97. The zero-order valence-electron chi connectivity index (χ0n) is 21.6. The Hall–Kier alpha value is -3.67. The number of hydrogen-bond acceptors (Lipinski definition) is 10. The standard InChI is InChI=1S/C26H33N7O3S/c1-6-26(34)30-18-14-19(22(35-5)15-21(18)32(4)11-10-31(2)3)29-24-16-25(28-17-27-24)33-20(9-12-36-33)23-8-7-13-37-23/h6-8,13-17,20H,1,9-12H2,2-5H3,(H,30,34)(H,27,28,29)/t20-/m1/s1. The van der Waals surface area contributed by atoms with E-state index in [4.69, 9.17) is 9.57 Å². The van der Waals surface area contributed by atoms with E-state index in [1.165, 1.54) is 17.3 Å². The van der Waals surface area contributed by atoms with E-state index in [9.17, 15) is 4.79 Å². The molecule has 1 aromatic carbocycles. The minimum absolute atomic E-state index is 0.106. The molecular weight excluding hydrogens is 490 g/mol. The smallest absolute Gasteiger partial charge is 0.247 e. The number of methoxy groups -OCH3 is 1. The van der Waals surface area contributed by atoms with Crippen LogP contribution in [0.25, 0.3) is 0 Å². The number of hydrogen-bond donors (Lipinski definition) is 2. The molecule has 0 bridgehead atoms. The van der Waals surface area contributed by atoms with Gasteiger partial charge in [-0.3, -0.25) is 9.63 Å². The fourth-order valence-corrected chi connectivity index (χ4v) is 4.86. The first-order chi connectivity index (χ1) is 17.9. The maximum Gasteiger partial charge on any atom is 0.247 e. The van der Waals surface area contributed by atoms with Crippen LogP contribution in [0.1, 0.15) is 17.3 Å². The molecule has 0 spiro atoms. The molecule has 1 saturated heterocycles. The normalized spacial score (nSPS) is 15.1. The van der Waals surface area contributed by atoms with Gasteiger partial charge in [0.1, 0.15) is 17.9 Å². The van der Waals surface area contributed by atoms with Crippen molar-refractivity contribution in [3.63, 3.8) is 0 Å². The molecule has 1 aliphatic heterocycles. The molecule has 0 radical (unpaired) electrons. The SMILES string of the molecule is C=CC(=O)Nc1cc(Nc2cc(N3OCC[C@@H]3c3cccs3)ncn2)c(OC)cc1N(C)CCN(C)C. The largest absolute Gasteiger partial charge is 0.494 e. The number of carbonyl (C=O) groups excluding carboxylic acids is 1. The van der Waals surface area contributed by atoms with E-state index >= 15 is 0 Å². The van der Waals surface area contributed by atoms with Gasteiger partial charge >= 0.3 is 0 Å². The monoisotopic (exact) mass is 523 g/mol. The van der Waals surface area contributed by atoms with Gasteiger partial charge in [0.15, 0.2) is 5.82 Å². The van der Waals surface area contributed by atoms with E-state index in [-0.39, 0.29) is 11.9 Å². The fourth-order valence-electron chi connectivity index (χ4n) is 4.01. The zero-order chi connectivity index (χ0) is 26.4.